The van der Waals surface area contributed by atoms with Gasteiger partial charge in [0.1, 0.15) is 10.2 Å². The molecule has 0 saturated carbocycles. The van der Waals surface area contributed by atoms with Crippen molar-refractivity contribution in [3.05, 3.63) is 45.0 Å². The molecular formula is C13H12Cl2FNS. The fourth-order valence-corrected chi connectivity index (χ4v) is 3.40. The van der Waals surface area contributed by atoms with Crippen molar-refractivity contribution < 1.29 is 4.39 Å². The Labute approximate surface area is 119 Å². The van der Waals surface area contributed by atoms with Crippen molar-refractivity contribution in [1.82, 2.24) is 0 Å². The first-order valence-corrected chi connectivity index (χ1v) is 7.04. The molecule has 1 heterocycles. The van der Waals surface area contributed by atoms with E-state index in [1.807, 2.05) is 6.92 Å². The lowest BCUT2D eigenvalue weighted by molar-refractivity contribution is 0.628. The zero-order valence-corrected chi connectivity index (χ0v) is 12.0. The van der Waals surface area contributed by atoms with Gasteiger partial charge in [0, 0.05) is 10.9 Å². The van der Waals surface area contributed by atoms with Crippen molar-refractivity contribution in [2.45, 2.75) is 19.4 Å². The maximum absolute atomic E-state index is 12.9. The second-order valence-electron chi connectivity index (χ2n) is 4.19. The molecule has 0 fully saturated rings. The third kappa shape index (κ3) is 2.86. The molecule has 0 amide bonds. The van der Waals surface area contributed by atoms with Crippen LogP contribution in [0, 0.1) is 5.82 Å². The molecule has 1 atom stereocenters. The summed E-state index contributed by atoms with van der Waals surface area (Å²) in [5, 5.41) is 0.554. The molecule has 0 saturated heterocycles. The highest BCUT2D eigenvalue weighted by Crippen LogP contribution is 2.43. The van der Waals surface area contributed by atoms with E-state index in [9.17, 15) is 4.39 Å². The summed E-state index contributed by atoms with van der Waals surface area (Å²) >= 11 is 13.7. The van der Waals surface area contributed by atoms with Gasteiger partial charge in [0.05, 0.1) is 5.02 Å². The predicted octanol–water partition coefficient (Wildman–Crippen LogP) is 4.75. The highest BCUT2D eigenvalue weighted by Gasteiger charge is 2.17. The van der Waals surface area contributed by atoms with Crippen molar-refractivity contribution in [1.29, 1.82) is 0 Å². The van der Waals surface area contributed by atoms with E-state index in [1.54, 1.807) is 12.1 Å². The first kappa shape index (κ1) is 13.8. The summed E-state index contributed by atoms with van der Waals surface area (Å²) in [4.78, 5) is 0.960. The molecule has 0 bridgehead atoms. The van der Waals surface area contributed by atoms with Crippen molar-refractivity contribution in [3.63, 3.8) is 0 Å². The summed E-state index contributed by atoms with van der Waals surface area (Å²) in [6.07, 6.45) is 0.648. The lowest BCUT2D eigenvalue weighted by Crippen LogP contribution is -2.17. The van der Waals surface area contributed by atoms with Gasteiger partial charge in [-0.05, 0) is 36.6 Å². The number of rotatable bonds is 3. The molecule has 5 heteroatoms. The summed E-state index contributed by atoms with van der Waals surface area (Å²) in [6.45, 7) is 1.91. The third-order valence-corrected chi connectivity index (χ3v) is 4.65. The number of nitrogens with two attached hydrogens (primary N) is 1. The van der Waals surface area contributed by atoms with Crippen LogP contribution in [-0.2, 0) is 6.42 Å². The van der Waals surface area contributed by atoms with Gasteiger partial charge in [-0.1, -0.05) is 35.3 Å². The van der Waals surface area contributed by atoms with E-state index in [-0.39, 0.29) is 11.9 Å². The Morgan fingerprint density at radius 2 is 1.89 bits per heavy atom. The highest BCUT2D eigenvalue weighted by atomic mass is 35.5. The zero-order chi connectivity index (χ0) is 13.3. The van der Waals surface area contributed by atoms with Crippen molar-refractivity contribution in [3.8, 4) is 10.4 Å². The Hall–Kier alpha value is -0.610. The standard InChI is InChI=1S/C13H12Cl2FNS/c1-7(17)6-10-11(14)13(15)18-12(10)8-2-4-9(16)5-3-8/h2-5,7H,6,17H2,1H3. The van der Waals surface area contributed by atoms with Crippen LogP contribution in [-0.4, -0.2) is 6.04 Å². The average Bonchev–Trinajstić information content (AvgIpc) is 2.58. The summed E-state index contributed by atoms with van der Waals surface area (Å²) in [5.74, 6) is -0.263. The monoisotopic (exact) mass is 303 g/mol. The number of hydrogen-bond donors (Lipinski definition) is 1. The molecular weight excluding hydrogens is 292 g/mol. The van der Waals surface area contributed by atoms with Crippen LogP contribution in [0.2, 0.25) is 9.36 Å². The van der Waals surface area contributed by atoms with Gasteiger partial charge in [-0.3, -0.25) is 0 Å². The Morgan fingerprint density at radius 3 is 2.44 bits per heavy atom. The topological polar surface area (TPSA) is 26.0 Å². The molecule has 0 aliphatic heterocycles. The summed E-state index contributed by atoms with van der Waals surface area (Å²) < 4.78 is 13.5. The smallest absolute Gasteiger partial charge is 0.123 e. The fourth-order valence-electron chi connectivity index (χ4n) is 1.75. The molecule has 0 aliphatic carbocycles. The van der Waals surface area contributed by atoms with Crippen LogP contribution in [0.3, 0.4) is 0 Å². The van der Waals surface area contributed by atoms with Gasteiger partial charge < -0.3 is 5.73 Å². The van der Waals surface area contributed by atoms with Gasteiger partial charge in [-0.2, -0.15) is 0 Å². The van der Waals surface area contributed by atoms with Crippen LogP contribution in [0.4, 0.5) is 4.39 Å². The molecule has 1 nitrogen and oxygen atoms in total. The van der Waals surface area contributed by atoms with Crippen LogP contribution >= 0.6 is 34.5 Å². The van der Waals surface area contributed by atoms with Gasteiger partial charge in [0.2, 0.25) is 0 Å². The minimum Gasteiger partial charge on any atom is -0.328 e. The number of benzene rings is 1. The number of thiophene rings is 1. The minimum atomic E-state index is -0.263. The van der Waals surface area contributed by atoms with Crippen molar-refractivity contribution in [2.24, 2.45) is 5.73 Å². The van der Waals surface area contributed by atoms with E-state index in [2.05, 4.69) is 0 Å². The van der Waals surface area contributed by atoms with E-state index < -0.39 is 0 Å². The summed E-state index contributed by atoms with van der Waals surface area (Å²) in [7, 11) is 0. The number of halogens is 3. The maximum Gasteiger partial charge on any atom is 0.123 e. The van der Waals surface area contributed by atoms with Crippen LogP contribution in [0.15, 0.2) is 24.3 Å². The lowest BCUT2D eigenvalue weighted by Gasteiger charge is -2.07. The zero-order valence-electron chi connectivity index (χ0n) is 9.71. The average molecular weight is 304 g/mol. The largest absolute Gasteiger partial charge is 0.328 e. The van der Waals surface area contributed by atoms with Gasteiger partial charge in [-0.15, -0.1) is 11.3 Å². The minimum absolute atomic E-state index is 0.00707. The fraction of sp³-hybridized carbons (Fsp3) is 0.231. The van der Waals surface area contributed by atoms with Crippen LogP contribution in [0.5, 0.6) is 0 Å². The van der Waals surface area contributed by atoms with E-state index in [0.29, 0.717) is 15.8 Å². The van der Waals surface area contributed by atoms with Crippen LogP contribution in [0.25, 0.3) is 10.4 Å². The third-order valence-electron chi connectivity index (χ3n) is 2.54. The van der Waals surface area contributed by atoms with Gasteiger partial charge in [0.25, 0.3) is 0 Å². The summed E-state index contributed by atoms with van der Waals surface area (Å²) in [6, 6.07) is 6.28. The highest BCUT2D eigenvalue weighted by molar-refractivity contribution is 7.20. The molecule has 0 spiro atoms. The molecule has 0 radical (unpaired) electrons. The Bertz CT molecular complexity index is 549. The van der Waals surface area contributed by atoms with Gasteiger partial charge in [-0.25, -0.2) is 4.39 Å². The molecule has 2 rings (SSSR count). The normalized spacial score (nSPS) is 12.7. The van der Waals surface area contributed by atoms with Crippen LogP contribution in [0.1, 0.15) is 12.5 Å². The first-order valence-electron chi connectivity index (χ1n) is 5.47. The molecule has 18 heavy (non-hydrogen) atoms. The SMILES string of the molecule is CC(N)Cc1c(-c2ccc(F)cc2)sc(Cl)c1Cl. The second-order valence-corrected chi connectivity index (χ2v) is 6.19. The second kappa shape index (κ2) is 5.57. The quantitative estimate of drug-likeness (QED) is 0.870. The Balaban J connectivity index is 2.49. The van der Waals surface area contributed by atoms with Crippen molar-refractivity contribution in [2.75, 3.05) is 0 Å². The Morgan fingerprint density at radius 1 is 1.28 bits per heavy atom. The van der Waals surface area contributed by atoms with E-state index >= 15 is 0 Å². The Kier molecular flexibility index (Phi) is 4.28. The predicted molar refractivity (Wildman–Crippen MR) is 77.1 cm³/mol. The number of hydrogen-bond acceptors (Lipinski definition) is 2. The van der Waals surface area contributed by atoms with Crippen molar-refractivity contribution >= 4 is 34.5 Å². The molecule has 2 aromatic rings. The van der Waals surface area contributed by atoms with Crippen LogP contribution < -0.4 is 5.73 Å². The van der Waals surface area contributed by atoms with Gasteiger partial charge >= 0.3 is 0 Å². The van der Waals surface area contributed by atoms with E-state index in [4.69, 9.17) is 28.9 Å². The molecule has 0 aliphatic rings. The molecule has 96 valence electrons. The molecule has 1 aromatic carbocycles. The van der Waals surface area contributed by atoms with Gasteiger partial charge in [0.15, 0.2) is 0 Å². The summed E-state index contributed by atoms with van der Waals surface area (Å²) in [5.41, 5.74) is 7.66. The molecule has 1 aromatic heterocycles. The molecule has 1 unspecified atom stereocenters. The first-order chi connectivity index (χ1) is 8.49. The lowest BCUT2D eigenvalue weighted by atomic mass is 10.0. The van der Waals surface area contributed by atoms with E-state index in [0.717, 1.165) is 16.0 Å². The van der Waals surface area contributed by atoms with E-state index in [1.165, 1.54) is 23.5 Å². The maximum atomic E-state index is 12.9. The molecule has 2 N–H and O–H groups in total.